The number of nitrogens with one attached hydrogen (secondary N) is 2. The van der Waals surface area contributed by atoms with Gasteiger partial charge in [0.2, 0.25) is 0 Å². The van der Waals surface area contributed by atoms with E-state index < -0.39 is 0 Å². The molecule has 1 aliphatic heterocycles. The Bertz CT molecular complexity index is 1120. The lowest BCUT2D eigenvalue weighted by Crippen LogP contribution is -2.10. The molecular formula is C26H26N2O3. The normalized spacial score (nSPS) is 14.0. The molecule has 0 aliphatic carbocycles. The van der Waals surface area contributed by atoms with Gasteiger partial charge < -0.3 is 20.1 Å². The zero-order chi connectivity index (χ0) is 21.8. The molecule has 0 saturated carbocycles. The molecule has 0 radical (unpaired) electrons. The molecule has 3 aromatic carbocycles. The monoisotopic (exact) mass is 414 g/mol. The van der Waals surface area contributed by atoms with Gasteiger partial charge in [-0.25, -0.2) is 0 Å². The molecule has 2 N–H and O–H groups in total. The molecule has 4 rings (SSSR count). The number of anilines is 2. The molecule has 0 fully saturated rings. The minimum absolute atomic E-state index is 0.162. The maximum Gasteiger partial charge on any atom is 0.258 e. The first-order valence-electron chi connectivity index (χ1n) is 10.5. The number of hydrogen-bond acceptors (Lipinski definition) is 4. The second-order valence-electron chi connectivity index (χ2n) is 7.27. The van der Waals surface area contributed by atoms with Gasteiger partial charge in [-0.15, -0.1) is 0 Å². The summed E-state index contributed by atoms with van der Waals surface area (Å²) >= 11 is 0. The summed E-state index contributed by atoms with van der Waals surface area (Å²) in [7, 11) is 0. The van der Waals surface area contributed by atoms with E-state index in [9.17, 15) is 4.79 Å². The summed E-state index contributed by atoms with van der Waals surface area (Å²) in [5.74, 6) is 1.09. The van der Waals surface area contributed by atoms with Gasteiger partial charge in [0.15, 0.2) is 11.5 Å². The lowest BCUT2D eigenvalue weighted by atomic mass is 9.99. The molecule has 1 amide bonds. The molecule has 158 valence electrons. The van der Waals surface area contributed by atoms with E-state index in [2.05, 4.69) is 10.6 Å². The molecule has 5 nitrogen and oxygen atoms in total. The Balaban J connectivity index is 1.89. The van der Waals surface area contributed by atoms with Gasteiger partial charge in [-0.2, -0.15) is 0 Å². The maximum atomic E-state index is 13.1. The van der Waals surface area contributed by atoms with Crippen LogP contribution in [0.15, 0.2) is 66.7 Å². The Kier molecular flexibility index (Phi) is 5.94. The first-order valence-corrected chi connectivity index (χ1v) is 10.5. The summed E-state index contributed by atoms with van der Waals surface area (Å²) in [4.78, 5) is 13.1. The van der Waals surface area contributed by atoms with Gasteiger partial charge in [0.1, 0.15) is 0 Å². The SMILES string of the molecule is CCOc1cc2c(cc1OCC)/C(=C(/Nc1ccc(C)cc1)c1ccccc1)C(=O)N2. The number of carbonyl (C=O) groups excluding carboxylic acids is 1. The van der Waals surface area contributed by atoms with Crippen LogP contribution in [0.25, 0.3) is 11.3 Å². The Morgan fingerprint density at radius 3 is 2.19 bits per heavy atom. The maximum absolute atomic E-state index is 13.1. The van der Waals surface area contributed by atoms with Crippen LogP contribution in [-0.2, 0) is 4.79 Å². The van der Waals surface area contributed by atoms with E-state index in [0.29, 0.717) is 36.0 Å². The molecule has 0 spiro atoms. The Morgan fingerprint density at radius 1 is 0.903 bits per heavy atom. The fourth-order valence-electron chi connectivity index (χ4n) is 3.63. The third-order valence-corrected chi connectivity index (χ3v) is 5.06. The van der Waals surface area contributed by atoms with Crippen molar-refractivity contribution in [3.63, 3.8) is 0 Å². The highest BCUT2D eigenvalue weighted by molar-refractivity contribution is 6.37. The number of aryl methyl sites for hydroxylation is 1. The van der Waals surface area contributed by atoms with E-state index in [1.165, 1.54) is 5.56 Å². The van der Waals surface area contributed by atoms with Gasteiger partial charge in [0.25, 0.3) is 5.91 Å². The van der Waals surface area contributed by atoms with Crippen molar-refractivity contribution in [2.45, 2.75) is 20.8 Å². The summed E-state index contributed by atoms with van der Waals surface area (Å²) in [6, 6.07) is 21.7. The van der Waals surface area contributed by atoms with Gasteiger partial charge in [-0.1, -0.05) is 48.0 Å². The molecular weight excluding hydrogens is 388 g/mol. The second-order valence-corrected chi connectivity index (χ2v) is 7.27. The highest BCUT2D eigenvalue weighted by Gasteiger charge is 2.30. The number of carbonyl (C=O) groups is 1. The average molecular weight is 415 g/mol. The number of benzene rings is 3. The minimum atomic E-state index is -0.162. The molecule has 0 saturated heterocycles. The summed E-state index contributed by atoms with van der Waals surface area (Å²) in [5.41, 5.74) is 5.83. The van der Waals surface area contributed by atoms with Gasteiger partial charge >= 0.3 is 0 Å². The first-order chi connectivity index (χ1) is 15.1. The van der Waals surface area contributed by atoms with Crippen LogP contribution in [0.2, 0.25) is 0 Å². The predicted octanol–water partition coefficient (Wildman–Crippen LogP) is 5.72. The third kappa shape index (κ3) is 4.26. The van der Waals surface area contributed by atoms with Crippen LogP contribution < -0.4 is 20.1 Å². The molecule has 0 unspecified atom stereocenters. The summed E-state index contributed by atoms with van der Waals surface area (Å²) in [6.45, 7) is 6.92. The Hall–Kier alpha value is -3.73. The smallest absolute Gasteiger partial charge is 0.258 e. The van der Waals surface area contributed by atoms with Crippen LogP contribution >= 0.6 is 0 Å². The molecule has 5 heteroatoms. The van der Waals surface area contributed by atoms with E-state index in [1.54, 1.807) is 0 Å². The van der Waals surface area contributed by atoms with Crippen molar-refractivity contribution in [2.24, 2.45) is 0 Å². The summed E-state index contributed by atoms with van der Waals surface area (Å²) in [5, 5.41) is 6.46. The lowest BCUT2D eigenvalue weighted by molar-refractivity contribution is -0.110. The Labute approximate surface area is 182 Å². The molecule has 31 heavy (non-hydrogen) atoms. The number of amides is 1. The number of fused-ring (bicyclic) bond motifs is 1. The second kappa shape index (κ2) is 8.96. The van der Waals surface area contributed by atoms with Gasteiger partial charge in [-0.3, -0.25) is 4.79 Å². The van der Waals surface area contributed by atoms with E-state index in [-0.39, 0.29) is 5.91 Å². The van der Waals surface area contributed by atoms with Crippen molar-refractivity contribution in [1.82, 2.24) is 0 Å². The molecule has 0 bridgehead atoms. The van der Waals surface area contributed by atoms with Crippen LogP contribution in [0.3, 0.4) is 0 Å². The highest BCUT2D eigenvalue weighted by Crippen LogP contribution is 2.43. The minimum Gasteiger partial charge on any atom is -0.490 e. The van der Waals surface area contributed by atoms with Crippen molar-refractivity contribution < 1.29 is 14.3 Å². The predicted molar refractivity (Wildman–Crippen MR) is 125 cm³/mol. The average Bonchev–Trinajstić information content (AvgIpc) is 3.09. The van der Waals surface area contributed by atoms with Gasteiger partial charge in [0, 0.05) is 17.3 Å². The number of hydrogen-bond donors (Lipinski definition) is 2. The topological polar surface area (TPSA) is 59.6 Å². The largest absolute Gasteiger partial charge is 0.490 e. The summed E-state index contributed by atoms with van der Waals surface area (Å²) in [6.07, 6.45) is 0. The summed E-state index contributed by atoms with van der Waals surface area (Å²) < 4.78 is 11.5. The van der Waals surface area contributed by atoms with E-state index in [1.807, 2.05) is 87.5 Å². The molecule has 1 aliphatic rings. The van der Waals surface area contributed by atoms with Crippen molar-refractivity contribution in [3.8, 4) is 11.5 Å². The first kappa shape index (κ1) is 20.5. The number of rotatable bonds is 7. The van der Waals surface area contributed by atoms with Crippen molar-refractivity contribution >= 4 is 28.6 Å². The fourth-order valence-corrected chi connectivity index (χ4v) is 3.63. The number of ether oxygens (including phenoxy) is 2. The standard InChI is InChI=1S/C26H26N2O3/c1-4-30-22-15-20-21(16-23(22)31-5-2)28-26(29)24(20)25(18-9-7-6-8-10-18)27-19-13-11-17(3)12-14-19/h6-16,27H,4-5H2,1-3H3,(H,28,29)/b25-24-. The van der Waals surface area contributed by atoms with Gasteiger partial charge in [0.05, 0.1) is 30.2 Å². The fraction of sp³-hybridized carbons (Fsp3) is 0.192. The van der Waals surface area contributed by atoms with Crippen LogP contribution in [0.5, 0.6) is 11.5 Å². The van der Waals surface area contributed by atoms with Crippen molar-refractivity contribution in [1.29, 1.82) is 0 Å². The van der Waals surface area contributed by atoms with E-state index in [0.717, 1.165) is 22.5 Å². The zero-order valence-corrected chi connectivity index (χ0v) is 18.0. The third-order valence-electron chi connectivity index (χ3n) is 5.06. The van der Waals surface area contributed by atoms with Gasteiger partial charge in [-0.05, 0) is 44.5 Å². The van der Waals surface area contributed by atoms with E-state index >= 15 is 0 Å². The quantitative estimate of drug-likeness (QED) is 0.485. The van der Waals surface area contributed by atoms with Crippen LogP contribution in [0.4, 0.5) is 11.4 Å². The van der Waals surface area contributed by atoms with Crippen molar-refractivity contribution in [2.75, 3.05) is 23.8 Å². The molecule has 3 aromatic rings. The Morgan fingerprint density at radius 2 is 1.55 bits per heavy atom. The molecule has 1 heterocycles. The van der Waals surface area contributed by atoms with Crippen LogP contribution in [-0.4, -0.2) is 19.1 Å². The highest BCUT2D eigenvalue weighted by atomic mass is 16.5. The molecule has 0 aromatic heterocycles. The zero-order valence-electron chi connectivity index (χ0n) is 18.0. The van der Waals surface area contributed by atoms with Crippen LogP contribution in [0, 0.1) is 6.92 Å². The van der Waals surface area contributed by atoms with Crippen molar-refractivity contribution in [3.05, 3.63) is 83.4 Å². The molecule has 0 atom stereocenters. The van der Waals surface area contributed by atoms with E-state index in [4.69, 9.17) is 9.47 Å². The van der Waals surface area contributed by atoms with Crippen LogP contribution in [0.1, 0.15) is 30.5 Å². The lowest BCUT2D eigenvalue weighted by Gasteiger charge is -2.16.